The zero-order chi connectivity index (χ0) is 14.7. The van der Waals surface area contributed by atoms with Crippen molar-refractivity contribution in [1.29, 1.82) is 5.26 Å². The zero-order valence-corrected chi connectivity index (χ0v) is 12.0. The quantitative estimate of drug-likeness (QED) is 0.858. The van der Waals surface area contributed by atoms with Gasteiger partial charge in [-0.05, 0) is 37.3 Å². The molecule has 0 atom stereocenters. The number of pyridine rings is 1. The third kappa shape index (κ3) is 3.27. The molecule has 0 radical (unpaired) electrons. The van der Waals surface area contributed by atoms with E-state index in [1.54, 1.807) is 25.1 Å². The summed E-state index contributed by atoms with van der Waals surface area (Å²) in [6.07, 6.45) is 0. The maximum absolute atomic E-state index is 12.1. The molecule has 2 aromatic rings. The van der Waals surface area contributed by atoms with Crippen LogP contribution in [0.1, 0.15) is 21.6 Å². The molecule has 1 amide bonds. The maximum atomic E-state index is 12.1. The first-order chi connectivity index (χ1) is 9.49. The second kappa shape index (κ2) is 5.91. The van der Waals surface area contributed by atoms with Gasteiger partial charge in [0.15, 0.2) is 0 Å². The number of nitriles is 1. The van der Waals surface area contributed by atoms with Crippen LogP contribution in [0.25, 0.3) is 0 Å². The van der Waals surface area contributed by atoms with Crippen LogP contribution in [0.5, 0.6) is 0 Å². The Morgan fingerprint density at radius 1 is 1.30 bits per heavy atom. The van der Waals surface area contributed by atoms with E-state index in [0.717, 1.165) is 0 Å². The normalized spacial score (nSPS) is 9.90. The van der Waals surface area contributed by atoms with E-state index in [-0.39, 0.29) is 11.1 Å². The Labute approximate surface area is 126 Å². The van der Waals surface area contributed by atoms with E-state index in [0.29, 0.717) is 27.5 Å². The Kier molecular flexibility index (Phi) is 4.23. The van der Waals surface area contributed by atoms with Crippen LogP contribution in [0.4, 0.5) is 5.69 Å². The molecule has 1 aromatic heterocycles. The van der Waals surface area contributed by atoms with Crippen LogP contribution in [0.3, 0.4) is 0 Å². The average Bonchev–Trinajstić information content (AvgIpc) is 2.39. The fourth-order valence-electron chi connectivity index (χ4n) is 1.64. The van der Waals surface area contributed by atoms with Gasteiger partial charge in [-0.1, -0.05) is 23.2 Å². The highest BCUT2D eigenvalue weighted by Crippen LogP contribution is 2.23. The summed E-state index contributed by atoms with van der Waals surface area (Å²) in [6.45, 7) is 1.75. The molecule has 0 bridgehead atoms. The van der Waals surface area contributed by atoms with Gasteiger partial charge >= 0.3 is 0 Å². The van der Waals surface area contributed by atoms with Crippen LogP contribution in [-0.2, 0) is 0 Å². The van der Waals surface area contributed by atoms with Crippen molar-refractivity contribution in [1.82, 2.24) is 4.98 Å². The molecular formula is C14H9Cl2N3O. The molecule has 1 N–H and O–H groups in total. The monoisotopic (exact) mass is 305 g/mol. The number of nitrogens with zero attached hydrogens (tertiary/aromatic N) is 2. The third-order valence-corrected chi connectivity index (χ3v) is 3.04. The molecule has 20 heavy (non-hydrogen) atoms. The maximum Gasteiger partial charge on any atom is 0.255 e. The van der Waals surface area contributed by atoms with Crippen molar-refractivity contribution >= 4 is 34.8 Å². The predicted molar refractivity (Wildman–Crippen MR) is 78.1 cm³/mol. The van der Waals surface area contributed by atoms with Gasteiger partial charge in [-0.25, -0.2) is 4.98 Å². The highest BCUT2D eigenvalue weighted by molar-refractivity contribution is 6.34. The number of carbonyl (C=O) groups is 1. The molecule has 0 saturated carbocycles. The third-order valence-electron chi connectivity index (χ3n) is 2.53. The smallest absolute Gasteiger partial charge is 0.255 e. The van der Waals surface area contributed by atoms with Gasteiger partial charge in [0.25, 0.3) is 5.91 Å². The van der Waals surface area contributed by atoms with Crippen LogP contribution in [0.2, 0.25) is 10.2 Å². The van der Waals surface area contributed by atoms with Crippen molar-refractivity contribution in [3.05, 3.63) is 57.3 Å². The number of amides is 1. The van der Waals surface area contributed by atoms with Gasteiger partial charge in [0.05, 0.1) is 22.3 Å². The van der Waals surface area contributed by atoms with Crippen LogP contribution in [-0.4, -0.2) is 10.9 Å². The number of rotatable bonds is 2. The molecule has 0 aliphatic carbocycles. The first-order valence-electron chi connectivity index (χ1n) is 5.65. The van der Waals surface area contributed by atoms with Crippen molar-refractivity contribution in [3.63, 3.8) is 0 Å². The molecule has 0 fully saturated rings. The van der Waals surface area contributed by atoms with Gasteiger partial charge in [-0.3, -0.25) is 4.79 Å². The van der Waals surface area contributed by atoms with E-state index in [1.165, 1.54) is 12.1 Å². The molecule has 1 heterocycles. The number of anilines is 1. The summed E-state index contributed by atoms with van der Waals surface area (Å²) in [5.41, 5.74) is 1.90. The van der Waals surface area contributed by atoms with Gasteiger partial charge in [0.2, 0.25) is 0 Å². The second-order valence-electron chi connectivity index (χ2n) is 4.08. The Hall–Kier alpha value is -2.09. The molecular weight excluding hydrogens is 297 g/mol. The summed E-state index contributed by atoms with van der Waals surface area (Å²) < 4.78 is 0. The lowest BCUT2D eigenvalue weighted by molar-refractivity contribution is 0.102. The Morgan fingerprint density at radius 3 is 2.65 bits per heavy atom. The standard InChI is InChI=1S/C14H9Cl2N3O/c1-8-4-10(6-13(16)18-8)14(20)19-12-3-2-9(7-17)5-11(12)15/h2-6H,1H3,(H,19,20). The van der Waals surface area contributed by atoms with Gasteiger partial charge in [-0.2, -0.15) is 5.26 Å². The summed E-state index contributed by atoms with van der Waals surface area (Å²) in [7, 11) is 0. The molecule has 0 spiro atoms. The number of aromatic nitrogens is 1. The minimum absolute atomic E-state index is 0.251. The first kappa shape index (κ1) is 14.3. The summed E-state index contributed by atoms with van der Waals surface area (Å²) >= 11 is 11.8. The lowest BCUT2D eigenvalue weighted by atomic mass is 10.2. The number of hydrogen-bond donors (Lipinski definition) is 1. The summed E-state index contributed by atoms with van der Waals surface area (Å²) in [6, 6.07) is 9.71. The molecule has 0 saturated heterocycles. The molecule has 0 unspecified atom stereocenters. The molecule has 100 valence electrons. The number of aryl methyl sites for hydroxylation is 1. The van der Waals surface area contributed by atoms with Crippen molar-refractivity contribution in [2.75, 3.05) is 5.32 Å². The minimum Gasteiger partial charge on any atom is -0.321 e. The number of benzene rings is 1. The van der Waals surface area contributed by atoms with Crippen molar-refractivity contribution in [2.45, 2.75) is 6.92 Å². The number of hydrogen-bond acceptors (Lipinski definition) is 3. The topological polar surface area (TPSA) is 65.8 Å². The van der Waals surface area contributed by atoms with Crippen LogP contribution >= 0.6 is 23.2 Å². The Balaban J connectivity index is 2.26. The van der Waals surface area contributed by atoms with E-state index in [2.05, 4.69) is 10.3 Å². The molecule has 6 heteroatoms. The number of nitrogens with one attached hydrogen (secondary N) is 1. The Morgan fingerprint density at radius 2 is 2.05 bits per heavy atom. The highest BCUT2D eigenvalue weighted by atomic mass is 35.5. The summed E-state index contributed by atoms with van der Waals surface area (Å²) in [5.74, 6) is -0.344. The van der Waals surface area contributed by atoms with E-state index in [1.807, 2.05) is 6.07 Å². The van der Waals surface area contributed by atoms with E-state index >= 15 is 0 Å². The summed E-state index contributed by atoms with van der Waals surface area (Å²) in [5, 5.41) is 12.0. The fourth-order valence-corrected chi connectivity index (χ4v) is 2.12. The van der Waals surface area contributed by atoms with E-state index in [9.17, 15) is 4.79 Å². The van der Waals surface area contributed by atoms with Gasteiger partial charge in [0, 0.05) is 11.3 Å². The molecule has 2 rings (SSSR count). The number of carbonyl (C=O) groups excluding carboxylic acids is 1. The predicted octanol–water partition coefficient (Wildman–Crippen LogP) is 3.82. The van der Waals surface area contributed by atoms with E-state index in [4.69, 9.17) is 28.5 Å². The number of halogens is 2. The van der Waals surface area contributed by atoms with Crippen LogP contribution in [0, 0.1) is 18.3 Å². The Bertz CT molecular complexity index is 703. The summed E-state index contributed by atoms with van der Waals surface area (Å²) in [4.78, 5) is 16.1. The van der Waals surface area contributed by atoms with Crippen molar-refractivity contribution in [3.8, 4) is 6.07 Å². The highest BCUT2D eigenvalue weighted by Gasteiger charge is 2.10. The van der Waals surface area contributed by atoms with Crippen molar-refractivity contribution < 1.29 is 4.79 Å². The largest absolute Gasteiger partial charge is 0.321 e. The van der Waals surface area contributed by atoms with Gasteiger partial charge < -0.3 is 5.32 Å². The lowest BCUT2D eigenvalue weighted by Crippen LogP contribution is -2.12. The first-order valence-corrected chi connectivity index (χ1v) is 6.40. The average molecular weight is 306 g/mol. The zero-order valence-electron chi connectivity index (χ0n) is 10.4. The van der Waals surface area contributed by atoms with Gasteiger partial charge in [0.1, 0.15) is 5.15 Å². The molecule has 4 nitrogen and oxygen atoms in total. The molecule has 1 aromatic carbocycles. The van der Waals surface area contributed by atoms with Gasteiger partial charge in [-0.15, -0.1) is 0 Å². The lowest BCUT2D eigenvalue weighted by Gasteiger charge is -2.08. The van der Waals surface area contributed by atoms with Crippen molar-refractivity contribution in [2.24, 2.45) is 0 Å². The van der Waals surface area contributed by atoms with E-state index < -0.39 is 0 Å². The molecule has 0 aliphatic rings. The molecule has 0 aliphatic heterocycles. The second-order valence-corrected chi connectivity index (χ2v) is 4.87. The van der Waals surface area contributed by atoms with Crippen LogP contribution < -0.4 is 5.32 Å². The van der Waals surface area contributed by atoms with Crippen LogP contribution in [0.15, 0.2) is 30.3 Å². The minimum atomic E-state index is -0.344. The SMILES string of the molecule is Cc1cc(C(=O)Nc2ccc(C#N)cc2Cl)cc(Cl)n1. The fraction of sp³-hybridized carbons (Fsp3) is 0.0714.